The van der Waals surface area contributed by atoms with Gasteiger partial charge in [0, 0.05) is 25.3 Å². The van der Waals surface area contributed by atoms with Crippen LogP contribution in [0.15, 0.2) is 36.4 Å². The Labute approximate surface area is 155 Å². The van der Waals surface area contributed by atoms with Crippen molar-refractivity contribution in [1.29, 1.82) is 0 Å². The van der Waals surface area contributed by atoms with Gasteiger partial charge >= 0.3 is 6.18 Å². The van der Waals surface area contributed by atoms with Gasteiger partial charge in [0.1, 0.15) is 5.82 Å². The maximum Gasteiger partial charge on any atom is 0.416 e. The summed E-state index contributed by atoms with van der Waals surface area (Å²) in [5, 5.41) is 2.55. The molecule has 0 radical (unpaired) electrons. The fourth-order valence-corrected chi connectivity index (χ4v) is 3.30. The van der Waals surface area contributed by atoms with Crippen molar-refractivity contribution in [2.45, 2.75) is 32.5 Å². The number of carbonyl (C=O) groups excluding carboxylic acids is 1. The normalized spacial score (nSPS) is 14.5. The molecule has 0 saturated carbocycles. The van der Waals surface area contributed by atoms with Crippen LogP contribution in [-0.2, 0) is 12.7 Å². The van der Waals surface area contributed by atoms with E-state index in [2.05, 4.69) is 10.2 Å². The van der Waals surface area contributed by atoms with Gasteiger partial charge in [-0.15, -0.1) is 0 Å². The molecule has 1 aliphatic rings. The van der Waals surface area contributed by atoms with E-state index in [9.17, 15) is 22.4 Å². The van der Waals surface area contributed by atoms with Crippen molar-refractivity contribution in [2.75, 3.05) is 18.0 Å². The van der Waals surface area contributed by atoms with E-state index in [1.54, 1.807) is 6.07 Å². The highest BCUT2D eigenvalue weighted by atomic mass is 19.4. The van der Waals surface area contributed by atoms with Gasteiger partial charge < -0.3 is 10.2 Å². The highest BCUT2D eigenvalue weighted by Crippen LogP contribution is 2.32. The van der Waals surface area contributed by atoms with Gasteiger partial charge in [-0.2, -0.15) is 13.2 Å². The number of amides is 1. The van der Waals surface area contributed by atoms with E-state index in [0.717, 1.165) is 49.3 Å². The van der Waals surface area contributed by atoms with Gasteiger partial charge in [0.25, 0.3) is 5.91 Å². The molecule has 1 amide bonds. The summed E-state index contributed by atoms with van der Waals surface area (Å²) < 4.78 is 52.6. The SMILES string of the molecule is Cc1ccc(N2CCCC2)c(C(=O)NCc2ccc(F)cc2C(F)(F)F)c1. The molecule has 0 bridgehead atoms. The van der Waals surface area contributed by atoms with Crippen LogP contribution in [0, 0.1) is 12.7 Å². The number of alkyl halides is 3. The fraction of sp³-hybridized carbons (Fsp3) is 0.350. The largest absolute Gasteiger partial charge is 0.416 e. The summed E-state index contributed by atoms with van der Waals surface area (Å²) in [7, 11) is 0. The van der Waals surface area contributed by atoms with Gasteiger partial charge in [-0.3, -0.25) is 4.79 Å². The van der Waals surface area contributed by atoms with Crippen molar-refractivity contribution in [3.8, 4) is 0 Å². The van der Waals surface area contributed by atoms with Crippen LogP contribution in [0.3, 0.4) is 0 Å². The van der Waals surface area contributed by atoms with Gasteiger partial charge in [0.15, 0.2) is 0 Å². The Morgan fingerprint density at radius 1 is 1.11 bits per heavy atom. The van der Waals surface area contributed by atoms with Crippen molar-refractivity contribution in [2.24, 2.45) is 0 Å². The van der Waals surface area contributed by atoms with Crippen molar-refractivity contribution in [1.82, 2.24) is 5.32 Å². The second-order valence-corrected chi connectivity index (χ2v) is 6.70. The lowest BCUT2D eigenvalue weighted by Gasteiger charge is -2.21. The molecule has 3 nitrogen and oxygen atoms in total. The number of hydrogen-bond donors (Lipinski definition) is 1. The van der Waals surface area contributed by atoms with Crippen LogP contribution < -0.4 is 10.2 Å². The summed E-state index contributed by atoms with van der Waals surface area (Å²) in [6.07, 6.45) is -2.61. The monoisotopic (exact) mass is 380 g/mol. The lowest BCUT2D eigenvalue weighted by atomic mass is 10.1. The van der Waals surface area contributed by atoms with E-state index >= 15 is 0 Å². The smallest absolute Gasteiger partial charge is 0.371 e. The minimum absolute atomic E-state index is 0.173. The summed E-state index contributed by atoms with van der Waals surface area (Å²) in [5.74, 6) is -1.41. The quantitative estimate of drug-likeness (QED) is 0.781. The first-order valence-corrected chi connectivity index (χ1v) is 8.75. The van der Waals surface area contributed by atoms with Gasteiger partial charge in [-0.1, -0.05) is 17.7 Å². The number of aryl methyl sites for hydroxylation is 1. The molecule has 1 aliphatic heterocycles. The first kappa shape index (κ1) is 19.2. The van der Waals surface area contributed by atoms with Crippen LogP contribution in [0.5, 0.6) is 0 Å². The highest BCUT2D eigenvalue weighted by Gasteiger charge is 2.33. The van der Waals surface area contributed by atoms with Gasteiger partial charge in [-0.05, 0) is 49.6 Å². The maximum absolute atomic E-state index is 13.2. The van der Waals surface area contributed by atoms with Crippen molar-refractivity contribution >= 4 is 11.6 Å². The van der Waals surface area contributed by atoms with E-state index in [1.165, 1.54) is 0 Å². The summed E-state index contributed by atoms with van der Waals surface area (Å²) in [4.78, 5) is 14.8. The molecule has 0 unspecified atom stereocenters. The summed E-state index contributed by atoms with van der Waals surface area (Å²) in [6, 6.07) is 7.97. The first-order chi connectivity index (χ1) is 12.8. The molecule has 0 aliphatic carbocycles. The molecule has 27 heavy (non-hydrogen) atoms. The summed E-state index contributed by atoms with van der Waals surface area (Å²) >= 11 is 0. The van der Waals surface area contributed by atoms with E-state index < -0.39 is 23.5 Å². The third-order valence-corrected chi connectivity index (χ3v) is 4.66. The molecule has 3 rings (SSSR count). The first-order valence-electron chi connectivity index (χ1n) is 8.75. The van der Waals surface area contributed by atoms with Crippen LogP contribution in [0.4, 0.5) is 23.2 Å². The van der Waals surface area contributed by atoms with Crippen LogP contribution in [0.25, 0.3) is 0 Å². The number of nitrogens with zero attached hydrogens (tertiary/aromatic N) is 1. The Hall–Kier alpha value is -2.57. The number of nitrogens with one attached hydrogen (secondary N) is 1. The average Bonchev–Trinajstić information content (AvgIpc) is 3.14. The molecule has 144 valence electrons. The predicted octanol–water partition coefficient (Wildman–Crippen LogP) is 4.68. The lowest BCUT2D eigenvalue weighted by molar-refractivity contribution is -0.138. The van der Waals surface area contributed by atoms with Crippen LogP contribution >= 0.6 is 0 Å². The molecule has 1 saturated heterocycles. The molecule has 2 aromatic rings. The number of hydrogen-bond acceptors (Lipinski definition) is 2. The zero-order valence-electron chi connectivity index (χ0n) is 14.9. The number of carbonyl (C=O) groups is 1. The van der Waals surface area contributed by atoms with Crippen LogP contribution in [-0.4, -0.2) is 19.0 Å². The van der Waals surface area contributed by atoms with Gasteiger partial charge in [0.2, 0.25) is 0 Å². The average molecular weight is 380 g/mol. The maximum atomic E-state index is 13.2. The zero-order valence-corrected chi connectivity index (χ0v) is 14.9. The zero-order chi connectivity index (χ0) is 19.6. The lowest BCUT2D eigenvalue weighted by Crippen LogP contribution is -2.28. The Kier molecular flexibility index (Phi) is 5.39. The van der Waals surface area contributed by atoms with Crippen molar-refractivity contribution in [3.05, 3.63) is 64.5 Å². The molecule has 1 fully saturated rings. The van der Waals surface area contributed by atoms with Gasteiger partial charge in [-0.25, -0.2) is 4.39 Å². The van der Waals surface area contributed by atoms with Crippen molar-refractivity contribution < 1.29 is 22.4 Å². The topological polar surface area (TPSA) is 32.3 Å². The number of anilines is 1. The van der Waals surface area contributed by atoms with Crippen molar-refractivity contribution in [3.63, 3.8) is 0 Å². The van der Waals surface area contributed by atoms with E-state index in [4.69, 9.17) is 0 Å². The molecule has 1 N–H and O–H groups in total. The Balaban J connectivity index is 1.82. The Bertz CT molecular complexity index is 842. The number of benzene rings is 2. The fourth-order valence-electron chi connectivity index (χ4n) is 3.30. The highest BCUT2D eigenvalue weighted by molar-refractivity contribution is 6.00. The minimum atomic E-state index is -4.69. The second-order valence-electron chi connectivity index (χ2n) is 6.70. The minimum Gasteiger partial charge on any atom is -0.371 e. The molecule has 0 spiro atoms. The Morgan fingerprint density at radius 3 is 2.48 bits per heavy atom. The van der Waals surface area contributed by atoms with Crippen LogP contribution in [0.1, 0.15) is 39.9 Å². The third kappa shape index (κ3) is 4.40. The molecular weight excluding hydrogens is 360 g/mol. The third-order valence-electron chi connectivity index (χ3n) is 4.66. The van der Waals surface area contributed by atoms with Gasteiger partial charge in [0.05, 0.1) is 11.1 Å². The molecule has 7 heteroatoms. The van der Waals surface area contributed by atoms with E-state index in [-0.39, 0.29) is 12.1 Å². The Morgan fingerprint density at radius 2 is 1.81 bits per heavy atom. The second kappa shape index (κ2) is 7.58. The van der Waals surface area contributed by atoms with E-state index in [0.29, 0.717) is 11.6 Å². The molecule has 0 atom stereocenters. The van der Waals surface area contributed by atoms with Crippen LogP contribution in [0.2, 0.25) is 0 Å². The summed E-state index contributed by atoms with van der Waals surface area (Å²) in [5.41, 5.74) is 0.860. The predicted molar refractivity (Wildman–Crippen MR) is 95.2 cm³/mol. The number of halogens is 4. The molecular formula is C20H20F4N2O. The summed E-state index contributed by atoms with van der Waals surface area (Å²) in [6.45, 7) is 3.21. The molecule has 2 aromatic carbocycles. The number of rotatable bonds is 4. The molecule has 0 aromatic heterocycles. The van der Waals surface area contributed by atoms with E-state index in [1.807, 2.05) is 19.1 Å². The molecule has 1 heterocycles. The standard InChI is InChI=1S/C20H20F4N2O/c1-13-4-7-18(26-8-2-3-9-26)16(10-13)19(27)25-12-14-5-6-15(21)11-17(14)20(22,23)24/h4-7,10-11H,2-3,8-9,12H2,1H3,(H,25,27).